The number of hydrogen-bond acceptors (Lipinski definition) is 2. The predicted molar refractivity (Wildman–Crippen MR) is 53.4 cm³/mol. The summed E-state index contributed by atoms with van der Waals surface area (Å²) < 4.78 is 5.75. The van der Waals surface area contributed by atoms with Crippen molar-refractivity contribution in [2.24, 2.45) is 0 Å². The third kappa shape index (κ3) is 3.48. The van der Waals surface area contributed by atoms with Gasteiger partial charge in [0, 0.05) is 12.4 Å². The van der Waals surface area contributed by atoms with E-state index in [1.807, 2.05) is 0 Å². The van der Waals surface area contributed by atoms with E-state index in [4.69, 9.17) is 4.74 Å². The Kier molecular flexibility index (Phi) is 6.06. The van der Waals surface area contributed by atoms with Crippen molar-refractivity contribution in [2.75, 3.05) is 12.4 Å². The summed E-state index contributed by atoms with van der Waals surface area (Å²) in [6.07, 6.45) is 3.22. The van der Waals surface area contributed by atoms with Gasteiger partial charge < -0.3 is 4.74 Å². The SMILES string of the molecule is CCCOC(CC)(CC)CS. The molecule has 0 amide bonds. The predicted octanol–water partition coefficient (Wildman–Crippen LogP) is 2.90. The van der Waals surface area contributed by atoms with Gasteiger partial charge in [-0.15, -0.1) is 0 Å². The third-order valence-electron chi connectivity index (χ3n) is 2.19. The molecule has 0 atom stereocenters. The van der Waals surface area contributed by atoms with Gasteiger partial charge >= 0.3 is 0 Å². The van der Waals surface area contributed by atoms with Gasteiger partial charge in [-0.2, -0.15) is 12.6 Å². The maximum Gasteiger partial charge on any atom is 0.0764 e. The van der Waals surface area contributed by atoms with E-state index in [-0.39, 0.29) is 5.60 Å². The first-order chi connectivity index (χ1) is 5.24. The zero-order valence-electron chi connectivity index (χ0n) is 7.89. The van der Waals surface area contributed by atoms with Crippen molar-refractivity contribution < 1.29 is 4.74 Å². The minimum atomic E-state index is 0.0408. The van der Waals surface area contributed by atoms with E-state index >= 15 is 0 Å². The van der Waals surface area contributed by atoms with Crippen LogP contribution in [0, 0.1) is 0 Å². The fourth-order valence-corrected chi connectivity index (χ4v) is 1.58. The average molecular weight is 176 g/mol. The van der Waals surface area contributed by atoms with Crippen LogP contribution in [0.15, 0.2) is 0 Å². The normalized spacial score (nSPS) is 12.0. The third-order valence-corrected chi connectivity index (χ3v) is 2.77. The van der Waals surface area contributed by atoms with Crippen LogP contribution in [0.5, 0.6) is 0 Å². The minimum absolute atomic E-state index is 0.0408. The summed E-state index contributed by atoms with van der Waals surface area (Å²) in [5.41, 5.74) is 0.0408. The molecule has 0 aliphatic carbocycles. The summed E-state index contributed by atoms with van der Waals surface area (Å²) >= 11 is 4.31. The molecule has 11 heavy (non-hydrogen) atoms. The zero-order chi connectivity index (χ0) is 8.74. The maximum absolute atomic E-state index is 5.75. The Morgan fingerprint density at radius 3 is 2.00 bits per heavy atom. The molecule has 0 aliphatic heterocycles. The Morgan fingerprint density at radius 1 is 1.18 bits per heavy atom. The molecule has 1 nitrogen and oxygen atoms in total. The lowest BCUT2D eigenvalue weighted by molar-refractivity contribution is -0.0325. The Balaban J connectivity index is 3.84. The summed E-state index contributed by atoms with van der Waals surface area (Å²) in [6.45, 7) is 7.32. The summed E-state index contributed by atoms with van der Waals surface area (Å²) in [4.78, 5) is 0. The second-order valence-electron chi connectivity index (χ2n) is 2.90. The van der Waals surface area contributed by atoms with Gasteiger partial charge in [-0.25, -0.2) is 0 Å². The largest absolute Gasteiger partial charge is 0.374 e. The summed E-state index contributed by atoms with van der Waals surface area (Å²) in [5.74, 6) is 0.833. The zero-order valence-corrected chi connectivity index (χ0v) is 8.79. The lowest BCUT2D eigenvalue weighted by atomic mass is 10.00. The van der Waals surface area contributed by atoms with Crippen molar-refractivity contribution >= 4 is 12.6 Å². The molecule has 0 saturated heterocycles. The monoisotopic (exact) mass is 176 g/mol. The van der Waals surface area contributed by atoms with E-state index in [2.05, 4.69) is 33.4 Å². The number of thiol groups is 1. The molecule has 0 bridgehead atoms. The molecule has 0 saturated carbocycles. The molecule has 2 heteroatoms. The van der Waals surface area contributed by atoms with Crippen LogP contribution in [0.2, 0.25) is 0 Å². The first-order valence-electron chi connectivity index (χ1n) is 4.49. The maximum atomic E-state index is 5.75. The Hall–Kier alpha value is 0.310. The second kappa shape index (κ2) is 5.90. The lowest BCUT2D eigenvalue weighted by Crippen LogP contribution is -2.33. The molecule has 0 fully saturated rings. The average Bonchev–Trinajstić information content (AvgIpc) is 2.08. The molecule has 0 radical (unpaired) electrons. The summed E-state index contributed by atoms with van der Waals surface area (Å²) in [6, 6.07) is 0. The van der Waals surface area contributed by atoms with E-state index < -0.39 is 0 Å². The van der Waals surface area contributed by atoms with Gasteiger partial charge in [-0.05, 0) is 19.3 Å². The number of rotatable bonds is 6. The minimum Gasteiger partial charge on any atom is -0.374 e. The topological polar surface area (TPSA) is 9.23 Å². The van der Waals surface area contributed by atoms with Gasteiger partial charge in [0.1, 0.15) is 0 Å². The van der Waals surface area contributed by atoms with Crippen molar-refractivity contribution in [2.45, 2.75) is 45.6 Å². The first kappa shape index (κ1) is 11.3. The van der Waals surface area contributed by atoms with Gasteiger partial charge in [0.25, 0.3) is 0 Å². The molecule has 0 heterocycles. The van der Waals surface area contributed by atoms with Crippen LogP contribution in [-0.2, 0) is 4.74 Å². The van der Waals surface area contributed by atoms with Crippen LogP contribution in [0.4, 0.5) is 0 Å². The molecule has 0 rings (SSSR count). The van der Waals surface area contributed by atoms with E-state index in [0.717, 1.165) is 31.6 Å². The van der Waals surface area contributed by atoms with E-state index in [1.165, 1.54) is 0 Å². The van der Waals surface area contributed by atoms with E-state index in [9.17, 15) is 0 Å². The highest BCUT2D eigenvalue weighted by Gasteiger charge is 2.24. The fraction of sp³-hybridized carbons (Fsp3) is 1.00. The standard InChI is InChI=1S/C9H20OS/c1-4-7-10-9(5-2,6-3)8-11/h11H,4-8H2,1-3H3. The molecular weight excluding hydrogens is 156 g/mol. The van der Waals surface area contributed by atoms with Gasteiger partial charge in [0.05, 0.1) is 5.60 Å². The highest BCUT2D eigenvalue weighted by molar-refractivity contribution is 7.80. The smallest absolute Gasteiger partial charge is 0.0764 e. The highest BCUT2D eigenvalue weighted by atomic mass is 32.1. The van der Waals surface area contributed by atoms with Crippen molar-refractivity contribution in [3.8, 4) is 0 Å². The molecule has 0 aliphatic rings. The molecule has 0 spiro atoms. The molecule has 0 aromatic carbocycles. The van der Waals surface area contributed by atoms with Gasteiger partial charge in [0.2, 0.25) is 0 Å². The first-order valence-corrected chi connectivity index (χ1v) is 5.12. The Bertz CT molecular complexity index is 81.3. The highest BCUT2D eigenvalue weighted by Crippen LogP contribution is 2.21. The molecule has 0 aromatic heterocycles. The van der Waals surface area contributed by atoms with Crippen LogP contribution in [-0.4, -0.2) is 18.0 Å². The van der Waals surface area contributed by atoms with Gasteiger partial charge in [-0.3, -0.25) is 0 Å². The quantitative estimate of drug-likeness (QED) is 0.612. The van der Waals surface area contributed by atoms with Gasteiger partial charge in [0.15, 0.2) is 0 Å². The Labute approximate surface area is 75.9 Å². The van der Waals surface area contributed by atoms with Crippen LogP contribution in [0.25, 0.3) is 0 Å². The lowest BCUT2D eigenvalue weighted by Gasteiger charge is -2.29. The fourth-order valence-electron chi connectivity index (χ4n) is 1.04. The van der Waals surface area contributed by atoms with Crippen LogP contribution in [0.1, 0.15) is 40.0 Å². The summed E-state index contributed by atoms with van der Waals surface area (Å²) in [7, 11) is 0. The van der Waals surface area contributed by atoms with Crippen molar-refractivity contribution in [1.29, 1.82) is 0 Å². The molecule has 68 valence electrons. The van der Waals surface area contributed by atoms with Crippen LogP contribution < -0.4 is 0 Å². The van der Waals surface area contributed by atoms with Crippen molar-refractivity contribution in [3.63, 3.8) is 0 Å². The molecule has 0 aromatic rings. The van der Waals surface area contributed by atoms with E-state index in [1.54, 1.807) is 0 Å². The van der Waals surface area contributed by atoms with Crippen LogP contribution >= 0.6 is 12.6 Å². The molecule has 0 unspecified atom stereocenters. The van der Waals surface area contributed by atoms with Crippen molar-refractivity contribution in [3.05, 3.63) is 0 Å². The molecule has 0 N–H and O–H groups in total. The second-order valence-corrected chi connectivity index (χ2v) is 3.21. The molecular formula is C9H20OS. The summed E-state index contributed by atoms with van der Waals surface area (Å²) in [5, 5.41) is 0. The van der Waals surface area contributed by atoms with Crippen LogP contribution in [0.3, 0.4) is 0 Å². The number of hydrogen-bond donors (Lipinski definition) is 1. The Morgan fingerprint density at radius 2 is 1.73 bits per heavy atom. The van der Waals surface area contributed by atoms with E-state index in [0.29, 0.717) is 0 Å². The van der Waals surface area contributed by atoms with Gasteiger partial charge in [-0.1, -0.05) is 20.8 Å². The number of ether oxygens (including phenoxy) is 1. The van der Waals surface area contributed by atoms with Crippen molar-refractivity contribution in [1.82, 2.24) is 0 Å².